The molecule has 94 valence electrons. The first-order valence-electron chi connectivity index (χ1n) is 5.91. The van der Waals surface area contributed by atoms with Gasteiger partial charge in [-0.25, -0.2) is 0 Å². The zero-order valence-corrected chi connectivity index (χ0v) is 12.2. The fraction of sp³-hybridized carbons (Fsp3) is 0.286. The lowest BCUT2D eigenvalue weighted by Gasteiger charge is -2.28. The van der Waals surface area contributed by atoms with E-state index in [-0.39, 0.29) is 0 Å². The Morgan fingerprint density at radius 2 is 2.22 bits per heavy atom. The van der Waals surface area contributed by atoms with Crippen LogP contribution < -0.4 is 4.90 Å². The predicted molar refractivity (Wildman–Crippen MR) is 79.9 cm³/mol. The van der Waals surface area contributed by atoms with E-state index in [4.69, 9.17) is 0 Å². The minimum absolute atomic E-state index is 0.388. The number of aromatic nitrogens is 2. The fourth-order valence-corrected chi connectivity index (χ4v) is 2.27. The maximum Gasteiger partial charge on any atom is 0.112 e. The van der Waals surface area contributed by atoms with Crippen LogP contribution in [0.15, 0.2) is 41.7 Å². The summed E-state index contributed by atoms with van der Waals surface area (Å²) in [5.74, 6) is 0. The van der Waals surface area contributed by atoms with Gasteiger partial charge in [0.1, 0.15) is 5.52 Å². The number of hydrogen-bond donors (Lipinski definition) is 0. The van der Waals surface area contributed by atoms with Gasteiger partial charge in [0.15, 0.2) is 0 Å². The van der Waals surface area contributed by atoms with Gasteiger partial charge in [0.05, 0.1) is 11.2 Å². The van der Waals surface area contributed by atoms with Crippen LogP contribution in [0, 0.1) is 0 Å². The molecule has 0 aromatic carbocycles. The third kappa shape index (κ3) is 2.53. The highest BCUT2D eigenvalue weighted by Gasteiger charge is 2.13. The first-order chi connectivity index (χ1) is 8.63. The van der Waals surface area contributed by atoms with E-state index in [1.165, 1.54) is 0 Å². The second-order valence-corrected chi connectivity index (χ2v) is 5.30. The van der Waals surface area contributed by atoms with Gasteiger partial charge in [-0.05, 0) is 41.9 Å². The molecule has 0 aliphatic heterocycles. The Morgan fingerprint density at radius 3 is 2.89 bits per heavy atom. The SMILES string of the molecule is C=CCN(c1ccnc2cc(Br)cnc12)C(C)C. The van der Waals surface area contributed by atoms with E-state index in [1.54, 1.807) is 6.20 Å². The Labute approximate surface area is 116 Å². The van der Waals surface area contributed by atoms with Gasteiger partial charge in [0, 0.05) is 29.5 Å². The third-order valence-electron chi connectivity index (χ3n) is 2.78. The molecule has 0 aliphatic rings. The molecule has 2 heterocycles. The zero-order valence-electron chi connectivity index (χ0n) is 10.6. The number of hydrogen-bond acceptors (Lipinski definition) is 3. The highest BCUT2D eigenvalue weighted by atomic mass is 79.9. The van der Waals surface area contributed by atoms with Gasteiger partial charge in [0.2, 0.25) is 0 Å². The fourth-order valence-electron chi connectivity index (χ4n) is 1.95. The minimum Gasteiger partial charge on any atom is -0.364 e. The van der Waals surface area contributed by atoms with E-state index < -0.39 is 0 Å². The molecule has 4 heteroatoms. The van der Waals surface area contributed by atoms with Crippen molar-refractivity contribution in [3.8, 4) is 0 Å². The van der Waals surface area contributed by atoms with E-state index in [2.05, 4.69) is 51.2 Å². The topological polar surface area (TPSA) is 29.0 Å². The van der Waals surface area contributed by atoms with Crippen molar-refractivity contribution in [3.63, 3.8) is 0 Å². The maximum atomic E-state index is 4.48. The van der Waals surface area contributed by atoms with Crippen LogP contribution in [-0.2, 0) is 0 Å². The first kappa shape index (κ1) is 13.0. The molecule has 0 unspecified atom stereocenters. The van der Waals surface area contributed by atoms with E-state index >= 15 is 0 Å². The molecule has 0 radical (unpaired) electrons. The van der Waals surface area contributed by atoms with Gasteiger partial charge in [-0.3, -0.25) is 9.97 Å². The van der Waals surface area contributed by atoms with Gasteiger partial charge >= 0.3 is 0 Å². The Hall–Kier alpha value is -1.42. The van der Waals surface area contributed by atoms with Crippen LogP contribution in [0.25, 0.3) is 11.0 Å². The summed E-state index contributed by atoms with van der Waals surface area (Å²) in [5.41, 5.74) is 2.93. The minimum atomic E-state index is 0.388. The standard InChI is InChI=1S/C14H16BrN3/c1-4-7-18(10(2)3)13-5-6-16-12-8-11(15)9-17-14(12)13/h4-6,8-10H,1,7H2,2-3H3. The highest BCUT2D eigenvalue weighted by Crippen LogP contribution is 2.26. The molecule has 0 saturated heterocycles. The monoisotopic (exact) mass is 305 g/mol. The second-order valence-electron chi connectivity index (χ2n) is 4.39. The lowest BCUT2D eigenvalue weighted by molar-refractivity contribution is 0.725. The van der Waals surface area contributed by atoms with Crippen LogP contribution in [0.3, 0.4) is 0 Å². The molecule has 0 N–H and O–H groups in total. The summed E-state index contributed by atoms with van der Waals surface area (Å²) in [6.07, 6.45) is 5.54. The average molecular weight is 306 g/mol. The van der Waals surface area contributed by atoms with Gasteiger partial charge in [-0.2, -0.15) is 0 Å². The first-order valence-corrected chi connectivity index (χ1v) is 6.70. The smallest absolute Gasteiger partial charge is 0.112 e. The van der Waals surface area contributed by atoms with Crippen molar-refractivity contribution in [2.75, 3.05) is 11.4 Å². The normalized spacial score (nSPS) is 10.9. The van der Waals surface area contributed by atoms with Gasteiger partial charge in [0.25, 0.3) is 0 Å². The van der Waals surface area contributed by atoms with Crippen LogP contribution in [-0.4, -0.2) is 22.6 Å². The maximum absolute atomic E-state index is 4.48. The highest BCUT2D eigenvalue weighted by molar-refractivity contribution is 9.10. The third-order valence-corrected chi connectivity index (χ3v) is 3.22. The van der Waals surface area contributed by atoms with Crippen LogP contribution in [0.5, 0.6) is 0 Å². The average Bonchev–Trinajstić information content (AvgIpc) is 2.34. The molecule has 0 bridgehead atoms. The Balaban J connectivity index is 2.58. The van der Waals surface area contributed by atoms with Crippen LogP contribution in [0.1, 0.15) is 13.8 Å². The molecule has 0 atom stereocenters. The second kappa shape index (κ2) is 5.48. The van der Waals surface area contributed by atoms with Crippen molar-refractivity contribution in [1.82, 2.24) is 9.97 Å². The molecular formula is C14H16BrN3. The predicted octanol–water partition coefficient (Wildman–Crippen LogP) is 3.79. The zero-order chi connectivity index (χ0) is 13.1. The van der Waals surface area contributed by atoms with Crippen LogP contribution in [0.4, 0.5) is 5.69 Å². The van der Waals surface area contributed by atoms with E-state index in [0.29, 0.717) is 6.04 Å². The Morgan fingerprint density at radius 1 is 1.44 bits per heavy atom. The van der Waals surface area contributed by atoms with Gasteiger partial charge < -0.3 is 4.90 Å². The molecule has 0 fully saturated rings. The Kier molecular flexibility index (Phi) is 3.97. The number of pyridine rings is 2. The number of nitrogens with zero attached hydrogens (tertiary/aromatic N) is 3. The van der Waals surface area contributed by atoms with Crippen molar-refractivity contribution in [2.24, 2.45) is 0 Å². The van der Waals surface area contributed by atoms with Crippen molar-refractivity contribution < 1.29 is 0 Å². The molecule has 3 nitrogen and oxygen atoms in total. The molecule has 0 amide bonds. The molecule has 2 aromatic rings. The summed E-state index contributed by atoms with van der Waals surface area (Å²) in [6, 6.07) is 4.38. The van der Waals surface area contributed by atoms with Crippen molar-refractivity contribution in [2.45, 2.75) is 19.9 Å². The van der Waals surface area contributed by atoms with E-state index in [0.717, 1.165) is 27.7 Å². The number of fused-ring (bicyclic) bond motifs is 1. The summed E-state index contributed by atoms with van der Waals surface area (Å²) in [4.78, 5) is 11.1. The lowest BCUT2D eigenvalue weighted by atomic mass is 10.2. The van der Waals surface area contributed by atoms with Crippen molar-refractivity contribution >= 4 is 32.7 Å². The quantitative estimate of drug-likeness (QED) is 0.805. The number of anilines is 1. The van der Waals surface area contributed by atoms with Crippen LogP contribution in [0.2, 0.25) is 0 Å². The lowest BCUT2D eigenvalue weighted by Crippen LogP contribution is -2.31. The summed E-state index contributed by atoms with van der Waals surface area (Å²) in [6.45, 7) is 8.94. The molecular weight excluding hydrogens is 290 g/mol. The molecule has 18 heavy (non-hydrogen) atoms. The van der Waals surface area contributed by atoms with Gasteiger partial charge in [-0.15, -0.1) is 6.58 Å². The molecule has 0 saturated carbocycles. The summed E-state index contributed by atoms with van der Waals surface area (Å²) in [7, 11) is 0. The molecule has 2 aromatic heterocycles. The summed E-state index contributed by atoms with van der Waals surface area (Å²) < 4.78 is 0.944. The van der Waals surface area contributed by atoms with E-state index in [1.807, 2.05) is 24.4 Å². The van der Waals surface area contributed by atoms with Crippen molar-refractivity contribution in [1.29, 1.82) is 0 Å². The molecule has 0 spiro atoms. The van der Waals surface area contributed by atoms with Gasteiger partial charge in [-0.1, -0.05) is 6.08 Å². The Bertz CT molecular complexity index is 566. The summed E-state index contributed by atoms with van der Waals surface area (Å²) >= 11 is 3.42. The number of halogens is 1. The summed E-state index contributed by atoms with van der Waals surface area (Å²) in [5, 5.41) is 0. The number of rotatable bonds is 4. The van der Waals surface area contributed by atoms with E-state index in [9.17, 15) is 0 Å². The largest absolute Gasteiger partial charge is 0.364 e. The van der Waals surface area contributed by atoms with Crippen molar-refractivity contribution in [3.05, 3.63) is 41.7 Å². The molecule has 2 rings (SSSR count). The van der Waals surface area contributed by atoms with Crippen LogP contribution >= 0.6 is 15.9 Å². The molecule has 0 aliphatic carbocycles.